The molecule has 0 aliphatic carbocycles. The van der Waals surface area contributed by atoms with Crippen LogP contribution in [0.1, 0.15) is 0 Å². The van der Waals surface area contributed by atoms with Gasteiger partial charge in [0.15, 0.2) is 0 Å². The second-order valence-electron chi connectivity index (χ2n) is 3.72. The topological polar surface area (TPSA) is 88.1 Å². The molecule has 0 radical (unpaired) electrons. The van der Waals surface area contributed by atoms with Gasteiger partial charge in [-0.05, 0) is 24.3 Å². The van der Waals surface area contributed by atoms with Crippen molar-refractivity contribution in [2.24, 2.45) is 0 Å². The summed E-state index contributed by atoms with van der Waals surface area (Å²) in [7, 11) is -1.42. The average molecular weight is 302 g/mol. The Kier molecular flexibility index (Phi) is 4.89. The molecule has 0 saturated heterocycles. The van der Waals surface area contributed by atoms with Gasteiger partial charge in [0, 0.05) is 5.02 Å². The molecule has 1 aromatic heterocycles. The van der Waals surface area contributed by atoms with E-state index in [0.29, 0.717) is 10.8 Å². The molecule has 0 spiro atoms. The lowest BCUT2D eigenvalue weighted by molar-refractivity contribution is 0.125. The molecular weight excluding hydrogens is 290 g/mol. The fourth-order valence-corrected chi connectivity index (χ4v) is 2.38. The van der Waals surface area contributed by atoms with Gasteiger partial charge in [0.25, 0.3) is 0 Å². The number of H-pyrrole nitrogens is 1. The fraction of sp³-hybridized carbons (Fsp3) is 0.273. The summed E-state index contributed by atoms with van der Waals surface area (Å²) in [6.07, 6.45) is 0.408. The van der Waals surface area contributed by atoms with Gasteiger partial charge in [-0.15, -0.1) is 0 Å². The summed E-state index contributed by atoms with van der Waals surface area (Å²) in [5.74, 6) is 0.622. The molecule has 2 N–H and O–H groups in total. The Labute approximate surface area is 117 Å². The molecule has 1 aromatic carbocycles. The molecule has 2 atom stereocenters. The number of aromatic amines is 1. The van der Waals surface area contributed by atoms with Crippen molar-refractivity contribution in [3.05, 3.63) is 35.6 Å². The molecule has 1 heterocycles. The number of aromatic nitrogens is 3. The number of ether oxygens (including phenoxy) is 1. The highest BCUT2D eigenvalue weighted by Crippen LogP contribution is 2.15. The number of halogens is 1. The highest BCUT2D eigenvalue weighted by Gasteiger charge is 2.14. The van der Waals surface area contributed by atoms with Crippen LogP contribution in [0.2, 0.25) is 5.02 Å². The molecule has 0 aliphatic rings. The quantitative estimate of drug-likeness (QED) is 0.831. The van der Waals surface area contributed by atoms with Gasteiger partial charge in [-0.25, -0.2) is 4.98 Å². The number of aliphatic hydroxyl groups is 1. The van der Waals surface area contributed by atoms with Crippen LogP contribution < -0.4 is 4.74 Å². The minimum absolute atomic E-state index is 0.0305. The zero-order chi connectivity index (χ0) is 13.7. The van der Waals surface area contributed by atoms with Crippen LogP contribution in [0.4, 0.5) is 0 Å². The Balaban J connectivity index is 1.80. The van der Waals surface area contributed by atoms with Gasteiger partial charge in [0.2, 0.25) is 5.16 Å². The third-order valence-corrected chi connectivity index (χ3v) is 3.78. The molecule has 102 valence electrons. The molecule has 2 rings (SSSR count). The molecule has 8 heteroatoms. The first-order chi connectivity index (χ1) is 9.15. The summed E-state index contributed by atoms with van der Waals surface area (Å²) in [6, 6.07) is 6.77. The maximum absolute atomic E-state index is 11.7. The van der Waals surface area contributed by atoms with E-state index < -0.39 is 16.9 Å². The van der Waals surface area contributed by atoms with Gasteiger partial charge >= 0.3 is 0 Å². The lowest BCUT2D eigenvalue weighted by Gasteiger charge is -2.11. The highest BCUT2D eigenvalue weighted by atomic mass is 35.5. The van der Waals surface area contributed by atoms with E-state index in [0.717, 1.165) is 0 Å². The smallest absolute Gasteiger partial charge is 0.214 e. The molecule has 0 fully saturated rings. The number of nitrogens with one attached hydrogen (secondary N) is 1. The van der Waals surface area contributed by atoms with E-state index in [2.05, 4.69) is 15.2 Å². The summed E-state index contributed by atoms with van der Waals surface area (Å²) >= 11 is 5.74. The Bertz CT molecular complexity index is 533. The zero-order valence-electron chi connectivity index (χ0n) is 9.82. The van der Waals surface area contributed by atoms with Gasteiger partial charge in [-0.2, -0.15) is 5.10 Å². The van der Waals surface area contributed by atoms with Crippen molar-refractivity contribution in [1.82, 2.24) is 15.2 Å². The first kappa shape index (κ1) is 14.0. The monoisotopic (exact) mass is 301 g/mol. The highest BCUT2D eigenvalue weighted by molar-refractivity contribution is 7.84. The summed E-state index contributed by atoms with van der Waals surface area (Å²) in [6.45, 7) is 0.0432. The van der Waals surface area contributed by atoms with Crippen molar-refractivity contribution in [3.8, 4) is 5.75 Å². The van der Waals surface area contributed by atoms with Crippen LogP contribution in [0, 0.1) is 0 Å². The predicted molar refractivity (Wildman–Crippen MR) is 70.6 cm³/mol. The molecule has 2 aromatic rings. The molecule has 6 nitrogen and oxygen atoms in total. The third kappa shape index (κ3) is 4.30. The third-order valence-electron chi connectivity index (χ3n) is 2.21. The Hall–Kier alpha value is -1.44. The van der Waals surface area contributed by atoms with E-state index in [1.165, 1.54) is 6.33 Å². The molecule has 0 bridgehead atoms. The fourth-order valence-electron chi connectivity index (χ4n) is 1.33. The van der Waals surface area contributed by atoms with Crippen LogP contribution in [0.3, 0.4) is 0 Å². The van der Waals surface area contributed by atoms with Crippen molar-refractivity contribution in [2.75, 3.05) is 12.4 Å². The number of rotatable bonds is 6. The number of hydrogen-bond acceptors (Lipinski definition) is 5. The van der Waals surface area contributed by atoms with Crippen LogP contribution in [0.5, 0.6) is 5.75 Å². The lowest BCUT2D eigenvalue weighted by Crippen LogP contribution is -2.24. The maximum atomic E-state index is 11.7. The van der Waals surface area contributed by atoms with E-state index in [1.54, 1.807) is 24.3 Å². The number of nitrogens with zero attached hydrogens (tertiary/aromatic N) is 2. The zero-order valence-corrected chi connectivity index (χ0v) is 11.4. The van der Waals surface area contributed by atoms with Crippen LogP contribution >= 0.6 is 11.6 Å². The number of hydrogen-bond donors (Lipinski definition) is 2. The summed E-state index contributed by atoms with van der Waals surface area (Å²) in [5.41, 5.74) is 0. The maximum Gasteiger partial charge on any atom is 0.214 e. The number of benzene rings is 1. The minimum Gasteiger partial charge on any atom is -0.491 e. The van der Waals surface area contributed by atoms with Crippen molar-refractivity contribution >= 4 is 22.4 Å². The van der Waals surface area contributed by atoms with E-state index in [1.807, 2.05) is 0 Å². The van der Waals surface area contributed by atoms with Gasteiger partial charge in [-0.1, -0.05) is 11.6 Å². The molecular formula is C11H12ClN3O3S. The molecule has 0 saturated carbocycles. The molecule has 0 unspecified atom stereocenters. The van der Waals surface area contributed by atoms with Crippen LogP contribution in [0.25, 0.3) is 0 Å². The Morgan fingerprint density at radius 2 is 2.16 bits per heavy atom. The largest absolute Gasteiger partial charge is 0.491 e. The SMILES string of the molecule is O=[S@@](C[C@H](O)COc1ccc(Cl)cc1)c1ncn[nH]1. The lowest BCUT2D eigenvalue weighted by atomic mass is 10.3. The van der Waals surface area contributed by atoms with Crippen molar-refractivity contribution in [2.45, 2.75) is 11.3 Å². The second-order valence-corrected chi connectivity index (χ2v) is 5.57. The van der Waals surface area contributed by atoms with Gasteiger partial charge < -0.3 is 9.84 Å². The van der Waals surface area contributed by atoms with Crippen LogP contribution in [-0.4, -0.2) is 43.0 Å². The van der Waals surface area contributed by atoms with Crippen molar-refractivity contribution in [1.29, 1.82) is 0 Å². The summed E-state index contributed by atoms with van der Waals surface area (Å²) < 4.78 is 17.1. The normalized spacial score (nSPS) is 14.0. The van der Waals surface area contributed by atoms with Crippen molar-refractivity contribution in [3.63, 3.8) is 0 Å². The van der Waals surface area contributed by atoms with E-state index in [4.69, 9.17) is 16.3 Å². The second kappa shape index (κ2) is 6.65. The van der Waals surface area contributed by atoms with E-state index in [-0.39, 0.29) is 17.5 Å². The number of aliphatic hydroxyl groups excluding tert-OH is 1. The molecule has 19 heavy (non-hydrogen) atoms. The minimum atomic E-state index is -1.42. The van der Waals surface area contributed by atoms with E-state index in [9.17, 15) is 9.32 Å². The Morgan fingerprint density at radius 3 is 2.79 bits per heavy atom. The summed E-state index contributed by atoms with van der Waals surface area (Å²) in [4.78, 5) is 3.76. The van der Waals surface area contributed by atoms with Crippen LogP contribution in [0.15, 0.2) is 35.7 Å². The Morgan fingerprint density at radius 1 is 1.42 bits per heavy atom. The van der Waals surface area contributed by atoms with Crippen molar-refractivity contribution < 1.29 is 14.1 Å². The molecule has 0 amide bonds. The van der Waals surface area contributed by atoms with Gasteiger partial charge in [0.1, 0.15) is 18.7 Å². The van der Waals surface area contributed by atoms with Gasteiger partial charge in [0.05, 0.1) is 22.7 Å². The average Bonchev–Trinajstić information content (AvgIpc) is 2.92. The first-order valence-corrected chi connectivity index (χ1v) is 7.15. The standard InChI is InChI=1S/C11H12ClN3O3S/c12-8-1-3-10(4-2-8)18-5-9(16)6-19(17)11-13-7-14-15-11/h1-4,7,9,16H,5-6H2,(H,13,14,15)/t9-,19+/m1/s1. The summed E-state index contributed by atoms with van der Waals surface area (Å²) in [5, 5.41) is 16.7. The first-order valence-electron chi connectivity index (χ1n) is 5.45. The van der Waals surface area contributed by atoms with Crippen LogP contribution in [-0.2, 0) is 10.8 Å². The van der Waals surface area contributed by atoms with E-state index >= 15 is 0 Å². The predicted octanol–water partition coefficient (Wildman–Crippen LogP) is 1.01. The molecule has 0 aliphatic heterocycles. The van der Waals surface area contributed by atoms with Gasteiger partial charge in [-0.3, -0.25) is 9.31 Å².